The molecule has 40 heavy (non-hydrogen) atoms. The third-order valence-corrected chi connectivity index (χ3v) is 8.25. The molecule has 3 rings (SSSR count). The quantitative estimate of drug-likeness (QED) is 0.289. The van der Waals surface area contributed by atoms with E-state index in [1.165, 1.54) is 17.0 Å². The molecule has 8 nitrogen and oxygen atoms in total. The van der Waals surface area contributed by atoms with Crippen LogP contribution in [0.25, 0.3) is 0 Å². The molecule has 9 heteroatoms. The number of sulfonamides is 1. The van der Waals surface area contributed by atoms with Gasteiger partial charge in [-0.2, -0.15) is 0 Å². The van der Waals surface area contributed by atoms with Gasteiger partial charge in [-0.15, -0.1) is 0 Å². The van der Waals surface area contributed by atoms with E-state index in [2.05, 4.69) is 5.32 Å². The highest BCUT2D eigenvalue weighted by atomic mass is 32.2. The van der Waals surface area contributed by atoms with E-state index in [4.69, 9.17) is 4.74 Å². The molecule has 214 valence electrons. The summed E-state index contributed by atoms with van der Waals surface area (Å²) in [5, 5.41) is 2.90. The molecule has 0 fully saturated rings. The van der Waals surface area contributed by atoms with E-state index < -0.39 is 28.5 Å². The maximum absolute atomic E-state index is 14.0. The summed E-state index contributed by atoms with van der Waals surface area (Å²) < 4.78 is 34.3. The Labute approximate surface area is 238 Å². The fourth-order valence-corrected chi connectivity index (χ4v) is 5.82. The predicted molar refractivity (Wildman–Crippen MR) is 158 cm³/mol. The van der Waals surface area contributed by atoms with Crippen LogP contribution in [0.1, 0.15) is 39.2 Å². The van der Waals surface area contributed by atoms with Crippen LogP contribution in [-0.4, -0.2) is 57.4 Å². The van der Waals surface area contributed by atoms with Crippen molar-refractivity contribution in [3.63, 3.8) is 0 Å². The molecule has 1 atom stereocenters. The van der Waals surface area contributed by atoms with Gasteiger partial charge in [-0.05, 0) is 68.1 Å². The van der Waals surface area contributed by atoms with Gasteiger partial charge in [0.05, 0.1) is 17.2 Å². The number of anilines is 1. The van der Waals surface area contributed by atoms with Crippen molar-refractivity contribution in [2.75, 3.05) is 30.5 Å². The number of ether oxygens (including phenoxy) is 1. The number of carbonyl (C=O) groups is 2. The van der Waals surface area contributed by atoms with E-state index in [0.717, 1.165) is 16.3 Å². The zero-order valence-electron chi connectivity index (χ0n) is 23.5. The van der Waals surface area contributed by atoms with Crippen molar-refractivity contribution in [1.29, 1.82) is 0 Å². The average Bonchev–Trinajstić information content (AvgIpc) is 2.98. The molecule has 0 aliphatic carbocycles. The molecule has 0 saturated heterocycles. The molecule has 0 aliphatic rings. The second kappa shape index (κ2) is 15.1. The Hall–Kier alpha value is -3.85. The Morgan fingerprint density at radius 2 is 1.50 bits per heavy atom. The van der Waals surface area contributed by atoms with Crippen molar-refractivity contribution in [3.8, 4) is 5.75 Å². The van der Waals surface area contributed by atoms with Crippen LogP contribution in [0.5, 0.6) is 5.75 Å². The van der Waals surface area contributed by atoms with Crippen LogP contribution in [0.2, 0.25) is 0 Å². The highest BCUT2D eigenvalue weighted by Gasteiger charge is 2.33. The fraction of sp³-hybridized carbons (Fsp3) is 0.355. The monoisotopic (exact) mass is 565 g/mol. The van der Waals surface area contributed by atoms with Crippen LogP contribution in [0, 0.1) is 0 Å². The second-order valence-electron chi connectivity index (χ2n) is 9.29. The summed E-state index contributed by atoms with van der Waals surface area (Å²) in [7, 11) is -4.10. The van der Waals surface area contributed by atoms with Gasteiger partial charge in [0, 0.05) is 13.1 Å². The summed E-state index contributed by atoms with van der Waals surface area (Å²) in [4.78, 5) is 28.7. The first kappa shape index (κ1) is 30.7. The minimum absolute atomic E-state index is 0.0697. The van der Waals surface area contributed by atoms with E-state index in [9.17, 15) is 18.0 Å². The van der Waals surface area contributed by atoms with Crippen LogP contribution in [0.15, 0.2) is 89.8 Å². The number of hydrogen-bond donors (Lipinski definition) is 1. The summed E-state index contributed by atoms with van der Waals surface area (Å²) >= 11 is 0. The largest absolute Gasteiger partial charge is 0.494 e. The Morgan fingerprint density at radius 1 is 0.875 bits per heavy atom. The number of benzene rings is 3. The SMILES string of the molecule is CCCNC(=O)[C@@H](CC)N(CCc1ccccc1)C(=O)CN(c1ccc(OCC)cc1)S(=O)(=O)c1ccccc1. The Bertz CT molecular complexity index is 1320. The molecule has 0 bridgehead atoms. The van der Waals surface area contributed by atoms with E-state index in [0.29, 0.717) is 37.4 Å². The average molecular weight is 566 g/mol. The van der Waals surface area contributed by atoms with Crippen molar-refractivity contribution in [2.45, 2.75) is 51.0 Å². The lowest BCUT2D eigenvalue weighted by atomic mass is 10.1. The summed E-state index contributed by atoms with van der Waals surface area (Å²) in [6, 6.07) is 23.6. The molecule has 0 heterocycles. The summed E-state index contributed by atoms with van der Waals surface area (Å²) in [6.45, 7) is 6.45. The maximum atomic E-state index is 14.0. The summed E-state index contributed by atoms with van der Waals surface area (Å²) in [5.41, 5.74) is 1.34. The second-order valence-corrected chi connectivity index (χ2v) is 11.2. The molecule has 1 N–H and O–H groups in total. The standard InChI is InChI=1S/C31H39N3O5S/c1-4-22-32-31(36)29(5-2)33(23-21-25-13-9-7-10-14-25)30(35)24-34(26-17-19-27(20-18-26)39-6-3)40(37,38)28-15-11-8-12-16-28/h7-20,29H,4-6,21-24H2,1-3H3,(H,32,36)/t29-/m1/s1. The third kappa shape index (κ3) is 8.08. The molecule has 0 radical (unpaired) electrons. The van der Waals surface area contributed by atoms with Crippen molar-refractivity contribution in [2.24, 2.45) is 0 Å². The number of nitrogens with zero attached hydrogens (tertiary/aromatic N) is 2. The topological polar surface area (TPSA) is 96.0 Å². The first-order chi connectivity index (χ1) is 19.3. The number of hydrogen-bond acceptors (Lipinski definition) is 5. The van der Waals surface area contributed by atoms with Crippen molar-refractivity contribution in [3.05, 3.63) is 90.5 Å². The van der Waals surface area contributed by atoms with Gasteiger partial charge in [-0.25, -0.2) is 8.42 Å². The van der Waals surface area contributed by atoms with E-state index in [-0.39, 0.29) is 17.3 Å². The van der Waals surface area contributed by atoms with Gasteiger partial charge in [0.25, 0.3) is 10.0 Å². The molecule has 2 amide bonds. The van der Waals surface area contributed by atoms with E-state index in [1.54, 1.807) is 42.5 Å². The van der Waals surface area contributed by atoms with Crippen LogP contribution in [-0.2, 0) is 26.0 Å². The van der Waals surface area contributed by atoms with Crippen molar-refractivity contribution < 1.29 is 22.7 Å². The molecule has 0 aromatic heterocycles. The van der Waals surface area contributed by atoms with Crippen LogP contribution in [0.3, 0.4) is 0 Å². The maximum Gasteiger partial charge on any atom is 0.264 e. The number of rotatable bonds is 15. The lowest BCUT2D eigenvalue weighted by molar-refractivity contribution is -0.139. The summed E-state index contributed by atoms with van der Waals surface area (Å²) in [5.74, 6) is -0.107. The van der Waals surface area contributed by atoms with Crippen LogP contribution >= 0.6 is 0 Å². The van der Waals surface area contributed by atoms with E-state index in [1.807, 2.05) is 51.1 Å². The Morgan fingerprint density at radius 3 is 2.08 bits per heavy atom. The molecule has 3 aromatic carbocycles. The number of nitrogens with one attached hydrogen (secondary N) is 1. The smallest absolute Gasteiger partial charge is 0.264 e. The lowest BCUT2D eigenvalue weighted by Crippen LogP contribution is -2.53. The first-order valence-corrected chi connectivity index (χ1v) is 15.2. The van der Waals surface area contributed by atoms with Gasteiger partial charge in [0.2, 0.25) is 11.8 Å². The van der Waals surface area contributed by atoms with E-state index >= 15 is 0 Å². The molecular weight excluding hydrogens is 526 g/mol. The first-order valence-electron chi connectivity index (χ1n) is 13.7. The molecule has 0 spiro atoms. The van der Waals surface area contributed by atoms with Gasteiger partial charge in [0.15, 0.2) is 0 Å². The van der Waals surface area contributed by atoms with Gasteiger partial charge in [0.1, 0.15) is 18.3 Å². The summed E-state index contributed by atoms with van der Waals surface area (Å²) in [6.07, 6.45) is 1.68. The van der Waals surface area contributed by atoms with Gasteiger partial charge < -0.3 is 15.0 Å². The molecule has 3 aromatic rings. The molecule has 0 saturated carbocycles. The van der Waals surface area contributed by atoms with Gasteiger partial charge in [-0.1, -0.05) is 62.4 Å². The number of amides is 2. The van der Waals surface area contributed by atoms with Crippen molar-refractivity contribution >= 4 is 27.5 Å². The highest BCUT2D eigenvalue weighted by Crippen LogP contribution is 2.26. The molecular formula is C31H39N3O5S. The van der Waals surface area contributed by atoms with Gasteiger partial charge in [-0.3, -0.25) is 13.9 Å². The Kier molecular flexibility index (Phi) is 11.6. The molecule has 0 aliphatic heterocycles. The van der Waals surface area contributed by atoms with Crippen LogP contribution in [0.4, 0.5) is 5.69 Å². The molecule has 0 unspecified atom stereocenters. The highest BCUT2D eigenvalue weighted by molar-refractivity contribution is 7.92. The van der Waals surface area contributed by atoms with Gasteiger partial charge >= 0.3 is 0 Å². The minimum atomic E-state index is -4.10. The van der Waals surface area contributed by atoms with Crippen LogP contribution < -0.4 is 14.4 Å². The van der Waals surface area contributed by atoms with Crippen molar-refractivity contribution in [1.82, 2.24) is 10.2 Å². The minimum Gasteiger partial charge on any atom is -0.494 e. The Balaban J connectivity index is 1.98. The predicted octanol–water partition coefficient (Wildman–Crippen LogP) is 4.66. The third-order valence-electron chi connectivity index (χ3n) is 6.47. The fourth-order valence-electron chi connectivity index (χ4n) is 4.39. The zero-order valence-corrected chi connectivity index (χ0v) is 24.3. The normalized spacial score (nSPS) is 11.9. The number of carbonyl (C=O) groups excluding carboxylic acids is 2. The zero-order chi connectivity index (χ0) is 29.0. The lowest BCUT2D eigenvalue weighted by Gasteiger charge is -2.33.